The highest BCUT2D eigenvalue weighted by atomic mass is 79.9. The Hall–Kier alpha value is -2.29. The molecule has 29 heavy (non-hydrogen) atoms. The number of aliphatic imine (C=N–C) groups is 1. The summed E-state index contributed by atoms with van der Waals surface area (Å²) in [4.78, 5) is 17.2. The molecule has 1 aromatic heterocycles. The highest BCUT2D eigenvalue weighted by Gasteiger charge is 2.25. The Kier molecular flexibility index (Phi) is 5.94. The minimum absolute atomic E-state index is 0.229. The number of esters is 1. The molecule has 0 amide bonds. The molecule has 3 aromatic rings. The van der Waals surface area contributed by atoms with Gasteiger partial charge in [-0.25, -0.2) is 14.2 Å². The van der Waals surface area contributed by atoms with Gasteiger partial charge in [-0.05, 0) is 84.8 Å². The van der Waals surface area contributed by atoms with Crippen molar-refractivity contribution < 1.29 is 18.7 Å². The summed E-state index contributed by atoms with van der Waals surface area (Å²) >= 11 is 8.45. The number of ether oxygens (including phenoxy) is 2. The zero-order valence-corrected chi connectivity index (χ0v) is 18.7. The average Bonchev–Trinajstić information content (AvgIpc) is 3.33. The van der Waals surface area contributed by atoms with Crippen molar-refractivity contribution in [2.24, 2.45) is 4.99 Å². The maximum absolute atomic E-state index is 13.0. The van der Waals surface area contributed by atoms with Gasteiger partial charge in [0, 0.05) is 0 Å². The first-order valence-corrected chi connectivity index (χ1v) is 10.9. The van der Waals surface area contributed by atoms with Gasteiger partial charge in [0.1, 0.15) is 18.2 Å². The molecule has 0 spiro atoms. The molecule has 4 rings (SSSR count). The fourth-order valence-corrected chi connectivity index (χ4v) is 4.71. The number of hydrogen-bond acceptors (Lipinski definition) is 5. The van der Waals surface area contributed by atoms with Crippen LogP contribution in [-0.4, -0.2) is 11.9 Å². The van der Waals surface area contributed by atoms with Crippen LogP contribution in [0.5, 0.6) is 5.75 Å². The van der Waals surface area contributed by atoms with E-state index in [1.807, 2.05) is 29.6 Å². The lowest BCUT2D eigenvalue weighted by atomic mass is 10.2. The maximum Gasteiger partial charge on any atom is 0.363 e. The SMILES string of the molecule is O=C1OC(c2cccs2)=NC1=Cc1cc(Br)c(OCc2ccc(F)cc2)c(Br)c1. The van der Waals surface area contributed by atoms with Gasteiger partial charge in [0.2, 0.25) is 5.90 Å². The third kappa shape index (κ3) is 4.66. The van der Waals surface area contributed by atoms with Crippen LogP contribution in [0.2, 0.25) is 0 Å². The van der Waals surface area contributed by atoms with Crippen LogP contribution < -0.4 is 4.74 Å². The summed E-state index contributed by atoms with van der Waals surface area (Å²) in [6.45, 7) is 0.290. The second-order valence-electron chi connectivity index (χ2n) is 6.04. The van der Waals surface area contributed by atoms with Crippen molar-refractivity contribution >= 4 is 61.1 Å². The molecule has 146 valence electrons. The van der Waals surface area contributed by atoms with Gasteiger partial charge in [-0.15, -0.1) is 11.3 Å². The topological polar surface area (TPSA) is 47.9 Å². The van der Waals surface area contributed by atoms with Crippen LogP contribution in [0.15, 0.2) is 73.5 Å². The number of cyclic esters (lactones) is 1. The fraction of sp³-hybridized carbons (Fsp3) is 0.0476. The Morgan fingerprint density at radius 1 is 1.14 bits per heavy atom. The van der Waals surface area contributed by atoms with Gasteiger partial charge < -0.3 is 9.47 Å². The largest absolute Gasteiger partial charge is 0.487 e. The third-order valence-corrected chi connectivity index (χ3v) is 6.01. The number of benzene rings is 2. The van der Waals surface area contributed by atoms with Crippen molar-refractivity contribution in [3.8, 4) is 5.75 Å². The van der Waals surface area contributed by atoms with Crippen LogP contribution in [0, 0.1) is 5.82 Å². The summed E-state index contributed by atoms with van der Waals surface area (Å²) in [5, 5.41) is 1.90. The number of thiophene rings is 1. The average molecular weight is 537 g/mol. The lowest BCUT2D eigenvalue weighted by molar-refractivity contribution is -0.129. The lowest BCUT2D eigenvalue weighted by Gasteiger charge is -2.11. The molecule has 0 unspecified atom stereocenters. The van der Waals surface area contributed by atoms with E-state index in [0.29, 0.717) is 27.2 Å². The first-order valence-electron chi connectivity index (χ1n) is 8.42. The molecule has 1 aliphatic rings. The molecule has 0 aliphatic carbocycles. The molecule has 0 radical (unpaired) electrons. The lowest BCUT2D eigenvalue weighted by Crippen LogP contribution is -2.03. The third-order valence-electron chi connectivity index (χ3n) is 3.97. The first kappa shape index (κ1) is 20.0. The summed E-state index contributed by atoms with van der Waals surface area (Å²) in [7, 11) is 0. The maximum atomic E-state index is 13.0. The summed E-state index contributed by atoms with van der Waals surface area (Å²) in [6.07, 6.45) is 1.65. The van der Waals surface area contributed by atoms with E-state index in [1.54, 1.807) is 18.2 Å². The van der Waals surface area contributed by atoms with E-state index >= 15 is 0 Å². The van der Waals surface area contributed by atoms with Crippen LogP contribution in [0.3, 0.4) is 0 Å². The zero-order chi connectivity index (χ0) is 20.4. The van der Waals surface area contributed by atoms with Crippen LogP contribution in [0.1, 0.15) is 16.0 Å². The van der Waals surface area contributed by atoms with Gasteiger partial charge in [0.25, 0.3) is 0 Å². The smallest absolute Gasteiger partial charge is 0.363 e. The number of rotatable bonds is 5. The second-order valence-corrected chi connectivity index (χ2v) is 8.70. The highest BCUT2D eigenvalue weighted by Crippen LogP contribution is 2.36. The van der Waals surface area contributed by atoms with Crippen molar-refractivity contribution in [3.63, 3.8) is 0 Å². The molecular weight excluding hydrogens is 525 g/mol. The quantitative estimate of drug-likeness (QED) is 0.282. The number of nitrogens with zero attached hydrogens (tertiary/aromatic N) is 1. The molecule has 0 bridgehead atoms. The molecule has 0 atom stereocenters. The Balaban J connectivity index is 1.54. The normalized spacial score (nSPS) is 14.8. The first-order chi connectivity index (χ1) is 14.0. The van der Waals surface area contributed by atoms with Gasteiger partial charge in [0.15, 0.2) is 5.70 Å². The van der Waals surface area contributed by atoms with Crippen molar-refractivity contribution in [1.29, 1.82) is 0 Å². The van der Waals surface area contributed by atoms with E-state index in [1.165, 1.54) is 23.5 Å². The minimum atomic E-state index is -0.489. The predicted octanol–water partition coefficient (Wildman–Crippen LogP) is 6.34. The minimum Gasteiger partial charge on any atom is -0.487 e. The summed E-state index contributed by atoms with van der Waals surface area (Å²) in [6, 6.07) is 13.5. The fourth-order valence-electron chi connectivity index (χ4n) is 2.61. The van der Waals surface area contributed by atoms with E-state index in [-0.39, 0.29) is 11.5 Å². The van der Waals surface area contributed by atoms with E-state index in [4.69, 9.17) is 9.47 Å². The van der Waals surface area contributed by atoms with Gasteiger partial charge in [-0.2, -0.15) is 0 Å². The number of halogens is 3. The van der Waals surface area contributed by atoms with E-state index in [0.717, 1.165) is 16.0 Å². The Bertz CT molecular complexity index is 1100. The molecule has 0 saturated heterocycles. The molecule has 8 heteroatoms. The molecule has 2 heterocycles. The van der Waals surface area contributed by atoms with Crippen LogP contribution in [0.25, 0.3) is 6.08 Å². The molecular formula is C21H12Br2FNO3S. The molecule has 0 fully saturated rings. The molecule has 0 saturated carbocycles. The Labute approximate surface area is 186 Å². The van der Waals surface area contributed by atoms with Crippen LogP contribution >= 0.6 is 43.2 Å². The monoisotopic (exact) mass is 535 g/mol. The van der Waals surface area contributed by atoms with Crippen molar-refractivity contribution in [2.45, 2.75) is 6.61 Å². The van der Waals surface area contributed by atoms with Crippen molar-refractivity contribution in [2.75, 3.05) is 0 Å². The van der Waals surface area contributed by atoms with Crippen LogP contribution in [0.4, 0.5) is 4.39 Å². The molecule has 4 nitrogen and oxygen atoms in total. The van der Waals surface area contributed by atoms with E-state index < -0.39 is 5.97 Å². The van der Waals surface area contributed by atoms with E-state index in [9.17, 15) is 9.18 Å². The van der Waals surface area contributed by atoms with Crippen molar-refractivity contribution in [1.82, 2.24) is 0 Å². The summed E-state index contributed by atoms with van der Waals surface area (Å²) in [5.74, 6) is 0.142. The number of hydrogen-bond donors (Lipinski definition) is 0. The molecule has 0 N–H and O–H groups in total. The van der Waals surface area contributed by atoms with Gasteiger partial charge in [-0.3, -0.25) is 0 Å². The number of carbonyl (C=O) groups is 1. The van der Waals surface area contributed by atoms with Crippen molar-refractivity contribution in [3.05, 3.63) is 90.4 Å². The standard InChI is InChI=1S/C21H12Br2FNO3S/c22-15-8-13(10-17-21(26)28-20(25-17)18-2-1-7-29-18)9-16(23)19(15)27-11-12-3-5-14(24)6-4-12/h1-10H,11H2. The predicted molar refractivity (Wildman–Crippen MR) is 117 cm³/mol. The van der Waals surface area contributed by atoms with Gasteiger partial charge in [-0.1, -0.05) is 18.2 Å². The summed E-state index contributed by atoms with van der Waals surface area (Å²) < 4.78 is 25.5. The van der Waals surface area contributed by atoms with Crippen LogP contribution in [-0.2, 0) is 16.1 Å². The van der Waals surface area contributed by atoms with Gasteiger partial charge in [0.05, 0.1) is 13.8 Å². The zero-order valence-electron chi connectivity index (χ0n) is 14.7. The number of carbonyl (C=O) groups excluding carboxylic acids is 1. The summed E-state index contributed by atoms with van der Waals surface area (Å²) in [5.41, 5.74) is 1.83. The van der Waals surface area contributed by atoms with Gasteiger partial charge >= 0.3 is 5.97 Å². The van der Waals surface area contributed by atoms with E-state index in [2.05, 4.69) is 36.9 Å². The molecule has 1 aliphatic heterocycles. The second kappa shape index (κ2) is 8.61. The Morgan fingerprint density at radius 2 is 1.86 bits per heavy atom. The Morgan fingerprint density at radius 3 is 2.52 bits per heavy atom. The molecule has 2 aromatic carbocycles. The highest BCUT2D eigenvalue weighted by molar-refractivity contribution is 9.11.